The van der Waals surface area contributed by atoms with Crippen molar-refractivity contribution in [2.45, 2.75) is 25.7 Å². The van der Waals surface area contributed by atoms with Crippen LogP contribution in [0, 0.1) is 5.92 Å². The number of hydrogen-bond acceptors (Lipinski definition) is 3. The second-order valence-corrected chi connectivity index (χ2v) is 8.41. The Bertz CT molecular complexity index is 1050. The number of anilines is 1. The van der Waals surface area contributed by atoms with E-state index < -0.39 is 0 Å². The molecule has 1 aliphatic heterocycles. The highest BCUT2D eigenvalue weighted by molar-refractivity contribution is 5.94. The molecule has 1 aliphatic rings. The summed E-state index contributed by atoms with van der Waals surface area (Å²) in [6, 6.07) is 27.4. The number of nitrogens with one attached hydrogen (secondary N) is 1. The quantitative estimate of drug-likeness (QED) is 0.549. The largest absolute Gasteiger partial charge is 0.491 e. The van der Waals surface area contributed by atoms with E-state index in [-0.39, 0.29) is 17.7 Å². The van der Waals surface area contributed by atoms with Gasteiger partial charge in [-0.2, -0.15) is 0 Å². The zero-order chi connectivity index (χ0) is 22.9. The molecule has 2 amide bonds. The molecule has 1 unspecified atom stereocenters. The van der Waals surface area contributed by atoms with E-state index in [9.17, 15) is 9.59 Å². The van der Waals surface area contributed by atoms with Crippen LogP contribution in [-0.4, -0.2) is 36.4 Å². The first-order valence-electron chi connectivity index (χ1n) is 11.6. The van der Waals surface area contributed by atoms with Crippen LogP contribution in [0.3, 0.4) is 0 Å². The van der Waals surface area contributed by atoms with Gasteiger partial charge >= 0.3 is 0 Å². The fourth-order valence-electron chi connectivity index (χ4n) is 4.15. The molecule has 5 nitrogen and oxygen atoms in total. The zero-order valence-electron chi connectivity index (χ0n) is 18.8. The predicted octanol–water partition coefficient (Wildman–Crippen LogP) is 4.73. The minimum Gasteiger partial charge on any atom is -0.491 e. The molecule has 1 saturated heterocycles. The van der Waals surface area contributed by atoms with Crippen molar-refractivity contribution in [3.05, 3.63) is 96.1 Å². The molecule has 4 rings (SSSR count). The molecule has 1 atom stereocenters. The molecule has 0 aliphatic carbocycles. The van der Waals surface area contributed by atoms with Crippen molar-refractivity contribution in [2.24, 2.45) is 5.92 Å². The Morgan fingerprint density at radius 2 is 1.55 bits per heavy atom. The van der Waals surface area contributed by atoms with Gasteiger partial charge in [0.05, 0.1) is 24.6 Å². The maximum absolute atomic E-state index is 13.0. The molecule has 0 aromatic heterocycles. The summed E-state index contributed by atoms with van der Waals surface area (Å²) >= 11 is 0. The Labute approximate surface area is 195 Å². The summed E-state index contributed by atoms with van der Waals surface area (Å²) in [6.45, 7) is 1.69. The van der Waals surface area contributed by atoms with Crippen molar-refractivity contribution < 1.29 is 14.3 Å². The van der Waals surface area contributed by atoms with Crippen molar-refractivity contribution >= 4 is 17.5 Å². The summed E-state index contributed by atoms with van der Waals surface area (Å²) in [7, 11) is 0. The number of ether oxygens (including phenoxy) is 1. The highest BCUT2D eigenvalue weighted by atomic mass is 16.5. The lowest BCUT2D eigenvalue weighted by Crippen LogP contribution is -2.44. The second-order valence-electron chi connectivity index (χ2n) is 8.41. The molecule has 3 aromatic carbocycles. The highest BCUT2D eigenvalue weighted by Crippen LogP contribution is 2.26. The molecule has 0 saturated carbocycles. The third kappa shape index (κ3) is 6.45. The molecule has 0 spiro atoms. The van der Waals surface area contributed by atoms with Crippen molar-refractivity contribution in [2.75, 3.05) is 25.0 Å². The highest BCUT2D eigenvalue weighted by Gasteiger charge is 2.28. The molecule has 0 radical (unpaired) electrons. The number of hydrogen-bond donors (Lipinski definition) is 1. The Morgan fingerprint density at radius 1 is 0.879 bits per heavy atom. The average molecular weight is 443 g/mol. The molecule has 1 N–H and O–H groups in total. The van der Waals surface area contributed by atoms with Gasteiger partial charge in [0, 0.05) is 19.5 Å². The summed E-state index contributed by atoms with van der Waals surface area (Å²) < 4.78 is 5.98. The summed E-state index contributed by atoms with van der Waals surface area (Å²) in [5.74, 6) is 0.445. The number of carbonyl (C=O) groups excluding carboxylic acids is 2. The van der Waals surface area contributed by atoms with Crippen LogP contribution >= 0.6 is 0 Å². The van der Waals surface area contributed by atoms with E-state index in [1.165, 1.54) is 5.56 Å². The van der Waals surface area contributed by atoms with Gasteiger partial charge in [0.2, 0.25) is 11.8 Å². The van der Waals surface area contributed by atoms with Crippen LogP contribution in [0.2, 0.25) is 0 Å². The first kappa shape index (κ1) is 22.6. The van der Waals surface area contributed by atoms with E-state index in [2.05, 4.69) is 17.4 Å². The molecule has 3 aromatic rings. The molecule has 5 heteroatoms. The molecule has 0 bridgehead atoms. The number of nitrogens with zero attached hydrogens (tertiary/aromatic N) is 1. The third-order valence-electron chi connectivity index (χ3n) is 5.98. The van der Waals surface area contributed by atoms with Crippen LogP contribution in [0.4, 0.5) is 5.69 Å². The lowest BCUT2D eigenvalue weighted by atomic mass is 9.96. The van der Waals surface area contributed by atoms with E-state index >= 15 is 0 Å². The lowest BCUT2D eigenvalue weighted by Gasteiger charge is -2.32. The second kappa shape index (κ2) is 11.3. The van der Waals surface area contributed by atoms with E-state index in [1.54, 1.807) is 0 Å². The smallest absolute Gasteiger partial charge is 0.229 e. The summed E-state index contributed by atoms with van der Waals surface area (Å²) in [5, 5.41) is 3.04. The first-order valence-corrected chi connectivity index (χ1v) is 11.6. The van der Waals surface area contributed by atoms with E-state index in [0.717, 1.165) is 24.8 Å². The summed E-state index contributed by atoms with van der Waals surface area (Å²) in [4.78, 5) is 27.6. The number of benzene rings is 3. The van der Waals surface area contributed by atoms with Crippen molar-refractivity contribution in [3.63, 3.8) is 0 Å². The van der Waals surface area contributed by atoms with E-state index in [1.807, 2.05) is 77.7 Å². The standard InChI is InChI=1S/C28H30N2O3/c31-27(20-23-12-5-2-6-13-23)30-18-9-14-24(21-30)28(32)29-25-15-7-8-16-26(25)33-19-17-22-10-3-1-4-11-22/h1-8,10-13,15-16,24H,9,14,17-21H2,(H,29,32). The van der Waals surface area contributed by atoms with E-state index in [0.29, 0.717) is 37.6 Å². The van der Waals surface area contributed by atoms with Gasteiger partial charge in [0.15, 0.2) is 0 Å². The maximum Gasteiger partial charge on any atom is 0.229 e. The van der Waals surface area contributed by atoms with Gasteiger partial charge in [0.25, 0.3) is 0 Å². The Balaban J connectivity index is 1.32. The van der Waals surface area contributed by atoms with Gasteiger partial charge in [-0.25, -0.2) is 0 Å². The van der Waals surface area contributed by atoms with Crippen LogP contribution in [-0.2, 0) is 22.4 Å². The van der Waals surface area contributed by atoms with Crippen LogP contribution < -0.4 is 10.1 Å². The van der Waals surface area contributed by atoms with Crippen molar-refractivity contribution in [1.29, 1.82) is 0 Å². The summed E-state index contributed by atoms with van der Waals surface area (Å²) in [5.41, 5.74) is 2.88. The maximum atomic E-state index is 13.0. The summed E-state index contributed by atoms with van der Waals surface area (Å²) in [6.07, 6.45) is 2.77. The fraction of sp³-hybridized carbons (Fsp3) is 0.286. The topological polar surface area (TPSA) is 58.6 Å². The van der Waals surface area contributed by atoms with Gasteiger partial charge in [-0.05, 0) is 36.1 Å². The molecule has 33 heavy (non-hydrogen) atoms. The first-order chi connectivity index (χ1) is 16.2. The van der Waals surface area contributed by atoms with Crippen LogP contribution in [0.5, 0.6) is 5.75 Å². The Morgan fingerprint density at radius 3 is 2.30 bits per heavy atom. The monoisotopic (exact) mass is 442 g/mol. The number of piperidine rings is 1. The van der Waals surface area contributed by atoms with Crippen molar-refractivity contribution in [3.8, 4) is 5.75 Å². The molecule has 170 valence electrons. The molecular weight excluding hydrogens is 412 g/mol. The number of carbonyl (C=O) groups is 2. The Kier molecular flexibility index (Phi) is 7.75. The molecule has 1 fully saturated rings. The van der Waals surface area contributed by atoms with E-state index in [4.69, 9.17) is 4.74 Å². The predicted molar refractivity (Wildman–Crippen MR) is 130 cm³/mol. The van der Waals surface area contributed by atoms with Crippen LogP contribution in [0.15, 0.2) is 84.9 Å². The normalized spacial score (nSPS) is 15.6. The zero-order valence-corrected chi connectivity index (χ0v) is 18.8. The van der Waals surface area contributed by atoms with Gasteiger partial charge in [-0.3, -0.25) is 9.59 Å². The SMILES string of the molecule is O=C(Nc1ccccc1OCCc1ccccc1)C1CCCN(C(=O)Cc2ccccc2)C1. The van der Waals surface area contributed by atoms with Crippen molar-refractivity contribution in [1.82, 2.24) is 4.90 Å². The molecular formula is C28H30N2O3. The Hall–Kier alpha value is -3.60. The number of amides is 2. The van der Waals surface area contributed by atoms with Crippen LogP contribution in [0.25, 0.3) is 0 Å². The average Bonchev–Trinajstić information content (AvgIpc) is 2.86. The minimum absolute atomic E-state index is 0.0636. The van der Waals surface area contributed by atoms with Crippen LogP contribution in [0.1, 0.15) is 24.0 Å². The minimum atomic E-state index is -0.226. The van der Waals surface area contributed by atoms with Gasteiger partial charge in [-0.15, -0.1) is 0 Å². The third-order valence-corrected chi connectivity index (χ3v) is 5.98. The van der Waals surface area contributed by atoms with Gasteiger partial charge in [0.1, 0.15) is 5.75 Å². The fourth-order valence-corrected chi connectivity index (χ4v) is 4.15. The van der Waals surface area contributed by atoms with Gasteiger partial charge in [-0.1, -0.05) is 72.8 Å². The number of rotatable bonds is 8. The lowest BCUT2D eigenvalue weighted by molar-refractivity contribution is -0.133. The number of likely N-dealkylation sites (tertiary alicyclic amines) is 1. The molecule has 1 heterocycles. The number of para-hydroxylation sites is 2. The van der Waals surface area contributed by atoms with Gasteiger partial charge < -0.3 is 15.0 Å².